The Hall–Kier alpha value is -0.820. The number of alkyl halides is 3. The molecule has 0 spiro atoms. The predicted molar refractivity (Wildman–Crippen MR) is 66.3 cm³/mol. The molecule has 1 heterocycles. The number of aromatic nitrogens is 1. The van der Waals surface area contributed by atoms with Crippen LogP contribution in [-0.2, 0) is 17.0 Å². The van der Waals surface area contributed by atoms with E-state index >= 15 is 0 Å². The first-order chi connectivity index (χ1) is 8.29. The van der Waals surface area contributed by atoms with E-state index in [1.54, 1.807) is 6.26 Å². The van der Waals surface area contributed by atoms with E-state index in [1.165, 1.54) is 0 Å². The van der Waals surface area contributed by atoms with Crippen molar-refractivity contribution in [2.24, 2.45) is 0 Å². The maximum Gasteiger partial charge on any atom is 0.416 e. The summed E-state index contributed by atoms with van der Waals surface area (Å²) in [5, 5.41) is 2.51. The molecule has 0 radical (unpaired) electrons. The Morgan fingerprint density at radius 1 is 1.44 bits per heavy atom. The molecular formula is C10H12ClF3N2OS. The normalized spacial score (nSPS) is 13.4. The maximum absolute atomic E-state index is 12.5. The topological polar surface area (TPSA) is 42.0 Å². The Kier molecular flexibility index (Phi) is 5.40. The van der Waals surface area contributed by atoms with Crippen LogP contribution in [0.5, 0.6) is 0 Å². The molecule has 1 N–H and O–H groups in total. The second kappa shape index (κ2) is 6.38. The Bertz CT molecular complexity index is 440. The molecule has 0 bridgehead atoms. The summed E-state index contributed by atoms with van der Waals surface area (Å²) in [5.41, 5.74) is -0.843. The molecule has 1 atom stereocenters. The van der Waals surface area contributed by atoms with Crippen LogP contribution in [0.2, 0.25) is 5.15 Å². The molecule has 0 fully saturated rings. The first-order valence-corrected chi connectivity index (χ1v) is 7.18. The largest absolute Gasteiger partial charge is 0.416 e. The number of hydrogen-bond acceptors (Lipinski definition) is 3. The third kappa shape index (κ3) is 5.22. The van der Waals surface area contributed by atoms with Crippen LogP contribution >= 0.6 is 11.6 Å². The van der Waals surface area contributed by atoms with Gasteiger partial charge in [-0.3, -0.25) is 4.21 Å². The molecule has 0 aliphatic heterocycles. The van der Waals surface area contributed by atoms with E-state index in [2.05, 4.69) is 10.3 Å². The summed E-state index contributed by atoms with van der Waals surface area (Å²) in [6.07, 6.45) is -2.30. The Labute approximate surface area is 110 Å². The van der Waals surface area contributed by atoms with Gasteiger partial charge in [-0.15, -0.1) is 0 Å². The molecule has 1 unspecified atom stereocenters. The summed E-state index contributed by atoms with van der Waals surface area (Å²) >= 11 is 5.52. The van der Waals surface area contributed by atoms with Gasteiger partial charge in [-0.2, -0.15) is 13.2 Å². The summed E-state index contributed by atoms with van der Waals surface area (Å²) < 4.78 is 48.3. The number of pyridine rings is 1. The summed E-state index contributed by atoms with van der Waals surface area (Å²) in [6.45, 7) is 0.393. The third-order valence-corrected chi connectivity index (χ3v) is 3.09. The van der Waals surface area contributed by atoms with Crippen molar-refractivity contribution in [1.82, 2.24) is 4.98 Å². The highest BCUT2D eigenvalue weighted by Crippen LogP contribution is 2.31. The zero-order chi connectivity index (χ0) is 13.8. The summed E-state index contributed by atoms with van der Waals surface area (Å²) in [5.74, 6) is 0.552. The van der Waals surface area contributed by atoms with Gasteiger partial charge >= 0.3 is 6.18 Å². The highest BCUT2D eigenvalue weighted by atomic mass is 35.5. The minimum Gasteiger partial charge on any atom is -0.370 e. The molecule has 0 saturated carbocycles. The molecule has 1 rings (SSSR count). The molecule has 0 amide bonds. The van der Waals surface area contributed by atoms with Crippen molar-refractivity contribution in [3.05, 3.63) is 22.8 Å². The number of halogens is 4. The monoisotopic (exact) mass is 300 g/mol. The molecule has 0 aliphatic rings. The van der Waals surface area contributed by atoms with Crippen LogP contribution in [0.4, 0.5) is 19.0 Å². The van der Waals surface area contributed by atoms with Crippen LogP contribution in [0, 0.1) is 0 Å². The molecule has 102 valence electrons. The Morgan fingerprint density at radius 3 is 2.67 bits per heavy atom. The molecule has 1 aromatic rings. The SMILES string of the molecule is CS(=O)CCCNc1cc(C(F)(F)F)cc(Cl)n1. The molecule has 3 nitrogen and oxygen atoms in total. The fourth-order valence-electron chi connectivity index (χ4n) is 1.24. The van der Waals surface area contributed by atoms with Crippen LogP contribution < -0.4 is 5.32 Å². The lowest BCUT2D eigenvalue weighted by Crippen LogP contribution is -2.10. The van der Waals surface area contributed by atoms with Crippen molar-refractivity contribution in [1.29, 1.82) is 0 Å². The van der Waals surface area contributed by atoms with Crippen molar-refractivity contribution in [2.45, 2.75) is 12.6 Å². The second-order valence-electron chi connectivity index (χ2n) is 3.62. The molecule has 0 aromatic carbocycles. The van der Waals surface area contributed by atoms with Crippen molar-refractivity contribution >= 4 is 28.2 Å². The predicted octanol–water partition coefficient (Wildman–Crippen LogP) is 2.93. The van der Waals surface area contributed by atoms with E-state index in [1.807, 2.05) is 0 Å². The first kappa shape index (κ1) is 15.2. The molecule has 18 heavy (non-hydrogen) atoms. The van der Waals surface area contributed by atoms with Crippen LogP contribution in [0.1, 0.15) is 12.0 Å². The zero-order valence-electron chi connectivity index (χ0n) is 9.55. The van der Waals surface area contributed by atoms with Crippen molar-refractivity contribution in [3.8, 4) is 0 Å². The van der Waals surface area contributed by atoms with E-state index in [9.17, 15) is 17.4 Å². The number of anilines is 1. The lowest BCUT2D eigenvalue weighted by molar-refractivity contribution is -0.137. The maximum atomic E-state index is 12.5. The van der Waals surface area contributed by atoms with E-state index in [4.69, 9.17) is 11.6 Å². The van der Waals surface area contributed by atoms with Gasteiger partial charge in [0.2, 0.25) is 0 Å². The van der Waals surface area contributed by atoms with Crippen LogP contribution in [0.25, 0.3) is 0 Å². The minimum atomic E-state index is -4.45. The average Bonchev–Trinajstić information content (AvgIpc) is 2.22. The number of nitrogens with zero attached hydrogens (tertiary/aromatic N) is 1. The second-order valence-corrected chi connectivity index (χ2v) is 5.56. The molecular weight excluding hydrogens is 289 g/mol. The fourth-order valence-corrected chi connectivity index (χ4v) is 2.00. The lowest BCUT2D eigenvalue weighted by Gasteiger charge is -2.10. The van der Waals surface area contributed by atoms with Crippen LogP contribution in [-0.4, -0.2) is 27.7 Å². The number of hydrogen-bond donors (Lipinski definition) is 1. The van der Waals surface area contributed by atoms with Gasteiger partial charge in [0.25, 0.3) is 0 Å². The minimum absolute atomic E-state index is 0.0664. The van der Waals surface area contributed by atoms with Gasteiger partial charge < -0.3 is 5.32 Å². The molecule has 1 aromatic heterocycles. The number of rotatable bonds is 5. The van der Waals surface area contributed by atoms with Gasteiger partial charge in [-0.05, 0) is 18.6 Å². The highest BCUT2D eigenvalue weighted by Gasteiger charge is 2.31. The quantitative estimate of drug-likeness (QED) is 0.671. The van der Waals surface area contributed by atoms with E-state index < -0.39 is 22.5 Å². The highest BCUT2D eigenvalue weighted by molar-refractivity contribution is 7.84. The van der Waals surface area contributed by atoms with Crippen molar-refractivity contribution in [3.63, 3.8) is 0 Å². The van der Waals surface area contributed by atoms with Gasteiger partial charge in [0.05, 0.1) is 5.56 Å². The molecule has 0 saturated heterocycles. The zero-order valence-corrected chi connectivity index (χ0v) is 11.1. The van der Waals surface area contributed by atoms with E-state index in [0.29, 0.717) is 18.7 Å². The van der Waals surface area contributed by atoms with E-state index in [0.717, 1.165) is 12.1 Å². The summed E-state index contributed by atoms with van der Waals surface area (Å²) in [7, 11) is -0.913. The lowest BCUT2D eigenvalue weighted by atomic mass is 10.2. The molecule has 0 aliphatic carbocycles. The van der Waals surface area contributed by atoms with Gasteiger partial charge in [-0.1, -0.05) is 11.6 Å². The van der Waals surface area contributed by atoms with Gasteiger partial charge in [0, 0.05) is 29.4 Å². The van der Waals surface area contributed by atoms with Crippen molar-refractivity contribution in [2.75, 3.05) is 23.9 Å². The summed E-state index contributed by atoms with van der Waals surface area (Å²) in [6, 6.07) is 1.67. The smallest absolute Gasteiger partial charge is 0.370 e. The van der Waals surface area contributed by atoms with Gasteiger partial charge in [-0.25, -0.2) is 4.98 Å². The van der Waals surface area contributed by atoms with E-state index in [-0.39, 0.29) is 11.0 Å². The summed E-state index contributed by atoms with van der Waals surface area (Å²) in [4.78, 5) is 3.74. The van der Waals surface area contributed by atoms with Gasteiger partial charge in [0.1, 0.15) is 11.0 Å². The third-order valence-electron chi connectivity index (χ3n) is 2.04. The van der Waals surface area contributed by atoms with Gasteiger partial charge in [0.15, 0.2) is 0 Å². The first-order valence-electron chi connectivity index (χ1n) is 5.07. The van der Waals surface area contributed by atoms with Crippen molar-refractivity contribution < 1.29 is 17.4 Å². The Morgan fingerprint density at radius 2 is 2.11 bits per heavy atom. The molecule has 8 heteroatoms. The van der Waals surface area contributed by atoms with Crippen LogP contribution in [0.15, 0.2) is 12.1 Å². The van der Waals surface area contributed by atoms with Crippen LogP contribution in [0.3, 0.4) is 0 Å². The number of nitrogens with one attached hydrogen (secondary N) is 1. The average molecular weight is 301 g/mol. The fraction of sp³-hybridized carbons (Fsp3) is 0.500. The Balaban J connectivity index is 2.66. The standard InChI is InChI=1S/C10H12ClF3N2OS/c1-18(17)4-2-3-15-9-6-7(10(12,13)14)5-8(11)16-9/h5-6H,2-4H2,1H3,(H,15,16).